The fourth-order valence-electron chi connectivity index (χ4n) is 1.35. The van der Waals surface area contributed by atoms with Crippen LogP contribution in [0.1, 0.15) is 20.3 Å². The van der Waals surface area contributed by atoms with Crippen LogP contribution in [0.15, 0.2) is 0 Å². The molecule has 1 fully saturated rings. The van der Waals surface area contributed by atoms with Gasteiger partial charge in [0.1, 0.15) is 0 Å². The van der Waals surface area contributed by atoms with Crippen LogP contribution in [-0.2, 0) is 0 Å². The molecular weight excluding hydrogens is 198 g/mol. The Balaban J connectivity index is 1.83. The predicted octanol–water partition coefficient (Wildman–Crippen LogP) is 2.47. The standard InChI is InChI=1S/C10H21NS2/c1-9(2)7-13-6-4-11-10-3-5-12-8-10/h9-11H,3-8H2,1-2H3. The Bertz CT molecular complexity index is 122. The number of rotatable bonds is 6. The van der Waals surface area contributed by atoms with E-state index in [9.17, 15) is 0 Å². The molecule has 0 spiro atoms. The van der Waals surface area contributed by atoms with Crippen molar-refractivity contribution in [3.8, 4) is 0 Å². The van der Waals surface area contributed by atoms with Gasteiger partial charge in [0.15, 0.2) is 0 Å². The quantitative estimate of drug-likeness (QED) is 0.689. The molecule has 1 aliphatic rings. The van der Waals surface area contributed by atoms with Gasteiger partial charge in [-0.05, 0) is 23.8 Å². The number of nitrogens with one attached hydrogen (secondary N) is 1. The third-order valence-corrected chi connectivity index (χ3v) is 4.62. The Morgan fingerprint density at radius 1 is 1.54 bits per heavy atom. The van der Waals surface area contributed by atoms with Crippen molar-refractivity contribution in [2.45, 2.75) is 26.3 Å². The Morgan fingerprint density at radius 2 is 2.38 bits per heavy atom. The van der Waals surface area contributed by atoms with Crippen molar-refractivity contribution in [3.05, 3.63) is 0 Å². The van der Waals surface area contributed by atoms with Gasteiger partial charge in [-0.2, -0.15) is 23.5 Å². The third-order valence-electron chi connectivity index (χ3n) is 2.06. The van der Waals surface area contributed by atoms with Crippen molar-refractivity contribution < 1.29 is 0 Å². The van der Waals surface area contributed by atoms with Gasteiger partial charge in [-0.25, -0.2) is 0 Å². The lowest BCUT2D eigenvalue weighted by Crippen LogP contribution is -2.30. The van der Waals surface area contributed by atoms with Gasteiger partial charge in [0.2, 0.25) is 0 Å². The topological polar surface area (TPSA) is 12.0 Å². The molecule has 1 unspecified atom stereocenters. The van der Waals surface area contributed by atoms with Gasteiger partial charge in [0, 0.05) is 24.1 Å². The molecule has 0 amide bonds. The largest absolute Gasteiger partial charge is 0.312 e. The van der Waals surface area contributed by atoms with E-state index in [4.69, 9.17) is 0 Å². The van der Waals surface area contributed by atoms with Gasteiger partial charge in [-0.15, -0.1) is 0 Å². The lowest BCUT2D eigenvalue weighted by Gasteiger charge is -2.10. The zero-order valence-electron chi connectivity index (χ0n) is 8.71. The van der Waals surface area contributed by atoms with E-state index >= 15 is 0 Å². The van der Waals surface area contributed by atoms with Gasteiger partial charge < -0.3 is 5.32 Å². The highest BCUT2D eigenvalue weighted by Crippen LogP contribution is 2.16. The molecule has 0 saturated carbocycles. The summed E-state index contributed by atoms with van der Waals surface area (Å²) < 4.78 is 0. The van der Waals surface area contributed by atoms with E-state index in [1.54, 1.807) is 0 Å². The van der Waals surface area contributed by atoms with E-state index in [0.717, 1.165) is 12.0 Å². The minimum Gasteiger partial charge on any atom is -0.312 e. The van der Waals surface area contributed by atoms with Crippen LogP contribution in [0, 0.1) is 5.92 Å². The first kappa shape index (κ1) is 11.7. The molecule has 1 atom stereocenters. The Morgan fingerprint density at radius 3 is 3.00 bits per heavy atom. The minimum absolute atomic E-state index is 0.810. The summed E-state index contributed by atoms with van der Waals surface area (Å²) in [5.74, 6) is 6.11. The van der Waals surface area contributed by atoms with Crippen LogP contribution in [-0.4, -0.2) is 35.6 Å². The highest BCUT2D eigenvalue weighted by molar-refractivity contribution is 7.99. The van der Waals surface area contributed by atoms with Crippen molar-refractivity contribution in [2.24, 2.45) is 5.92 Å². The molecule has 0 bridgehead atoms. The fourth-order valence-corrected chi connectivity index (χ4v) is 3.44. The first-order valence-electron chi connectivity index (χ1n) is 5.18. The normalized spacial score (nSPS) is 22.8. The maximum Gasteiger partial charge on any atom is 0.0166 e. The summed E-state index contributed by atoms with van der Waals surface area (Å²) in [5, 5.41) is 3.61. The van der Waals surface area contributed by atoms with E-state index in [2.05, 4.69) is 42.7 Å². The highest BCUT2D eigenvalue weighted by Gasteiger charge is 2.13. The molecule has 1 N–H and O–H groups in total. The minimum atomic E-state index is 0.810. The van der Waals surface area contributed by atoms with E-state index in [-0.39, 0.29) is 0 Å². The van der Waals surface area contributed by atoms with Crippen molar-refractivity contribution in [1.29, 1.82) is 0 Å². The number of thioether (sulfide) groups is 2. The molecule has 0 aromatic rings. The lowest BCUT2D eigenvalue weighted by atomic mass is 10.3. The molecule has 1 saturated heterocycles. The van der Waals surface area contributed by atoms with Crippen molar-refractivity contribution >= 4 is 23.5 Å². The summed E-state index contributed by atoms with van der Waals surface area (Å²) >= 11 is 4.16. The van der Waals surface area contributed by atoms with Gasteiger partial charge in [-0.3, -0.25) is 0 Å². The predicted molar refractivity (Wildman–Crippen MR) is 65.9 cm³/mol. The molecular formula is C10H21NS2. The van der Waals surface area contributed by atoms with Crippen molar-refractivity contribution in [3.63, 3.8) is 0 Å². The van der Waals surface area contributed by atoms with Gasteiger partial charge >= 0.3 is 0 Å². The van der Waals surface area contributed by atoms with Crippen LogP contribution in [0.4, 0.5) is 0 Å². The van der Waals surface area contributed by atoms with Crippen molar-refractivity contribution in [1.82, 2.24) is 5.32 Å². The molecule has 1 heterocycles. The smallest absolute Gasteiger partial charge is 0.0166 e. The SMILES string of the molecule is CC(C)CSCCNC1CCSC1. The summed E-state index contributed by atoms with van der Waals surface area (Å²) in [5.41, 5.74) is 0. The highest BCUT2D eigenvalue weighted by atomic mass is 32.2. The summed E-state index contributed by atoms with van der Waals surface area (Å²) in [6.45, 7) is 5.77. The van der Waals surface area contributed by atoms with Crippen LogP contribution >= 0.6 is 23.5 Å². The van der Waals surface area contributed by atoms with Gasteiger partial charge in [-0.1, -0.05) is 13.8 Å². The Hall–Kier alpha value is 0.660. The molecule has 0 aliphatic carbocycles. The second-order valence-electron chi connectivity index (χ2n) is 3.98. The molecule has 1 aliphatic heterocycles. The van der Waals surface area contributed by atoms with Crippen LogP contribution in [0.3, 0.4) is 0 Å². The van der Waals surface area contributed by atoms with E-state index in [0.29, 0.717) is 0 Å². The zero-order valence-corrected chi connectivity index (χ0v) is 10.3. The summed E-state index contributed by atoms with van der Waals surface area (Å²) in [7, 11) is 0. The Labute approximate surface area is 90.8 Å². The molecule has 1 rings (SSSR count). The maximum absolute atomic E-state index is 3.61. The summed E-state index contributed by atoms with van der Waals surface area (Å²) in [6, 6.07) is 0.810. The van der Waals surface area contributed by atoms with Crippen molar-refractivity contribution in [2.75, 3.05) is 29.6 Å². The second-order valence-corrected chi connectivity index (χ2v) is 6.28. The van der Waals surface area contributed by atoms with Crippen LogP contribution in [0.2, 0.25) is 0 Å². The van der Waals surface area contributed by atoms with E-state index < -0.39 is 0 Å². The van der Waals surface area contributed by atoms with E-state index in [1.807, 2.05) is 0 Å². The molecule has 0 radical (unpaired) electrons. The number of hydrogen-bond acceptors (Lipinski definition) is 3. The van der Waals surface area contributed by atoms with Crippen LogP contribution in [0.25, 0.3) is 0 Å². The van der Waals surface area contributed by atoms with Gasteiger partial charge in [0.25, 0.3) is 0 Å². The molecule has 3 heteroatoms. The third kappa shape index (κ3) is 5.87. The van der Waals surface area contributed by atoms with Crippen LogP contribution in [0.5, 0.6) is 0 Å². The number of hydrogen-bond donors (Lipinski definition) is 1. The fraction of sp³-hybridized carbons (Fsp3) is 1.00. The first-order valence-corrected chi connectivity index (χ1v) is 7.49. The molecule has 0 aromatic carbocycles. The molecule has 0 aromatic heterocycles. The Kier molecular flexibility index (Phi) is 6.33. The lowest BCUT2D eigenvalue weighted by molar-refractivity contribution is 0.581. The molecule has 1 nitrogen and oxygen atoms in total. The monoisotopic (exact) mass is 219 g/mol. The zero-order chi connectivity index (χ0) is 9.52. The summed E-state index contributed by atoms with van der Waals surface area (Å²) in [4.78, 5) is 0. The van der Waals surface area contributed by atoms with Crippen LogP contribution < -0.4 is 5.32 Å². The maximum atomic E-state index is 3.61. The van der Waals surface area contributed by atoms with E-state index in [1.165, 1.54) is 36.0 Å². The average Bonchev–Trinajstić information content (AvgIpc) is 2.55. The van der Waals surface area contributed by atoms with Gasteiger partial charge in [0.05, 0.1) is 0 Å². The average molecular weight is 219 g/mol. The molecule has 13 heavy (non-hydrogen) atoms. The second kappa shape index (κ2) is 7.02. The summed E-state index contributed by atoms with van der Waals surface area (Å²) in [6.07, 6.45) is 1.37. The molecule has 78 valence electrons. The first-order chi connectivity index (χ1) is 6.29.